The van der Waals surface area contributed by atoms with Crippen molar-refractivity contribution in [3.8, 4) is 0 Å². The molecular formula is C12H21ClSi. The highest BCUT2D eigenvalue weighted by atomic mass is 35.6. The molecule has 0 amide bonds. The van der Waals surface area contributed by atoms with E-state index in [0.29, 0.717) is 25.1 Å². The lowest BCUT2D eigenvalue weighted by molar-refractivity contribution is -0.222. The smallest absolute Gasteiger partial charge is 0.171 e. The summed E-state index contributed by atoms with van der Waals surface area (Å²) in [5, 5.41) is 0. The van der Waals surface area contributed by atoms with Gasteiger partial charge in [-0.3, -0.25) is 0 Å². The molecule has 2 atom stereocenters. The van der Waals surface area contributed by atoms with Gasteiger partial charge in [0.1, 0.15) is 0 Å². The fourth-order valence-electron chi connectivity index (χ4n) is 4.24. The van der Waals surface area contributed by atoms with Crippen LogP contribution in [0.1, 0.15) is 47.0 Å². The molecule has 2 bridgehead atoms. The molecule has 3 rings (SSSR count). The van der Waals surface area contributed by atoms with E-state index in [4.69, 9.17) is 11.1 Å². The van der Waals surface area contributed by atoms with Gasteiger partial charge < -0.3 is 0 Å². The van der Waals surface area contributed by atoms with Crippen LogP contribution in [0, 0.1) is 22.2 Å². The zero-order valence-corrected chi connectivity index (χ0v) is 11.5. The Morgan fingerprint density at radius 1 is 1.29 bits per heavy atom. The summed E-state index contributed by atoms with van der Waals surface area (Å²) in [7, 11) is 0.603. The Morgan fingerprint density at radius 3 is 2.36 bits per heavy atom. The van der Waals surface area contributed by atoms with Crippen LogP contribution in [0.3, 0.4) is 0 Å². The topological polar surface area (TPSA) is 0 Å². The second-order valence-corrected chi connectivity index (χ2v) is 7.86. The summed E-state index contributed by atoms with van der Waals surface area (Å²) in [5.74, 6) is 0.976. The zero-order valence-electron chi connectivity index (χ0n) is 9.78. The van der Waals surface area contributed by atoms with Crippen LogP contribution in [-0.4, -0.2) is 8.83 Å². The Kier molecular flexibility index (Phi) is 2.36. The molecule has 2 unspecified atom stereocenters. The lowest BCUT2D eigenvalue weighted by Crippen LogP contribution is -2.65. The highest BCUT2D eigenvalue weighted by molar-refractivity contribution is 6.93. The average Bonchev–Trinajstić information content (AvgIpc) is 2.07. The second-order valence-electron chi connectivity index (χ2n) is 6.44. The van der Waals surface area contributed by atoms with Gasteiger partial charge in [-0.15, -0.1) is 0 Å². The predicted octanol–water partition coefficient (Wildman–Crippen LogP) is 4.12. The second kappa shape index (κ2) is 3.01. The first-order valence-electron chi connectivity index (χ1n) is 5.71. The van der Waals surface area contributed by atoms with Crippen LogP contribution in [0.5, 0.6) is 0 Å². The van der Waals surface area contributed by atoms with Crippen LogP contribution in [0.2, 0.25) is 6.04 Å². The first-order chi connectivity index (χ1) is 6.37. The van der Waals surface area contributed by atoms with E-state index >= 15 is 0 Å². The van der Waals surface area contributed by atoms with E-state index in [0.717, 1.165) is 5.92 Å². The zero-order chi connectivity index (χ0) is 10.6. The maximum atomic E-state index is 6.03. The molecule has 14 heavy (non-hydrogen) atoms. The first-order valence-corrected chi connectivity index (χ1v) is 7.93. The highest BCUT2D eigenvalue weighted by Crippen LogP contribution is 2.75. The molecule has 0 N–H and O–H groups in total. The van der Waals surface area contributed by atoms with Crippen molar-refractivity contribution in [2.24, 2.45) is 22.2 Å². The van der Waals surface area contributed by atoms with E-state index in [2.05, 4.69) is 27.7 Å². The average molecular weight is 229 g/mol. The number of hydrogen-bond donors (Lipinski definition) is 0. The van der Waals surface area contributed by atoms with E-state index in [-0.39, 0.29) is 0 Å². The number of rotatable bonds is 2. The minimum Gasteiger partial charge on any atom is -0.171 e. The molecule has 2 heteroatoms. The Labute approximate surface area is 95.3 Å². The van der Waals surface area contributed by atoms with Crippen molar-refractivity contribution < 1.29 is 0 Å². The Hall–Kier alpha value is 0.507. The molecule has 0 heterocycles. The summed E-state index contributed by atoms with van der Waals surface area (Å²) in [5.41, 5.74) is 1.59. The molecule has 3 saturated carbocycles. The molecule has 3 aliphatic rings. The van der Waals surface area contributed by atoms with Crippen molar-refractivity contribution in [2.75, 3.05) is 0 Å². The molecule has 3 aliphatic carbocycles. The molecule has 0 aliphatic heterocycles. The molecule has 0 aromatic heterocycles. The molecule has 3 fully saturated rings. The highest BCUT2D eigenvalue weighted by Gasteiger charge is 2.67. The summed E-state index contributed by atoms with van der Waals surface area (Å²) in [6, 6.07) is 1.24. The van der Waals surface area contributed by atoms with Gasteiger partial charge in [-0.2, -0.15) is 11.1 Å². The van der Waals surface area contributed by atoms with Gasteiger partial charge in [-0.25, -0.2) is 0 Å². The Balaban J connectivity index is 2.33. The summed E-state index contributed by atoms with van der Waals surface area (Å²) in [4.78, 5) is 0. The minimum absolute atomic E-state index is 0.507. The van der Waals surface area contributed by atoms with Gasteiger partial charge in [-0.05, 0) is 47.5 Å². The Morgan fingerprint density at radius 2 is 1.93 bits per heavy atom. The van der Waals surface area contributed by atoms with Crippen LogP contribution < -0.4 is 0 Å². The standard InChI is InChI=1S/C12H21ClSi/c1-10(2)6-5-9-7-12(10,8-14-13)11(9,3)4/h9H,5-8H2,1-4H3. The van der Waals surface area contributed by atoms with Crippen LogP contribution in [-0.2, 0) is 0 Å². The number of fused-ring (bicyclic) bond motifs is 2. The van der Waals surface area contributed by atoms with Gasteiger partial charge >= 0.3 is 0 Å². The predicted molar refractivity (Wildman–Crippen MR) is 63.8 cm³/mol. The van der Waals surface area contributed by atoms with E-state index < -0.39 is 0 Å². The third kappa shape index (κ3) is 1.06. The van der Waals surface area contributed by atoms with Crippen molar-refractivity contribution in [1.29, 1.82) is 0 Å². The molecule has 0 nitrogen and oxygen atoms in total. The van der Waals surface area contributed by atoms with E-state index in [1.165, 1.54) is 25.3 Å². The van der Waals surface area contributed by atoms with Crippen molar-refractivity contribution >= 4 is 19.9 Å². The van der Waals surface area contributed by atoms with Gasteiger partial charge in [0.2, 0.25) is 0 Å². The van der Waals surface area contributed by atoms with Crippen molar-refractivity contribution in [2.45, 2.75) is 53.0 Å². The molecule has 0 aromatic rings. The minimum atomic E-state index is 0.507. The number of halogens is 1. The molecule has 0 spiro atoms. The van der Waals surface area contributed by atoms with Crippen LogP contribution in [0.25, 0.3) is 0 Å². The van der Waals surface area contributed by atoms with Crippen LogP contribution in [0.15, 0.2) is 0 Å². The lowest BCUT2D eigenvalue weighted by atomic mass is 9.33. The number of hydrogen-bond acceptors (Lipinski definition) is 0. The molecule has 0 aromatic carbocycles. The quantitative estimate of drug-likeness (QED) is 0.493. The van der Waals surface area contributed by atoms with Crippen molar-refractivity contribution in [1.82, 2.24) is 0 Å². The summed E-state index contributed by atoms with van der Waals surface area (Å²) >= 11 is 6.03. The van der Waals surface area contributed by atoms with Crippen LogP contribution >= 0.6 is 11.1 Å². The molecule has 0 saturated heterocycles. The SMILES string of the molecule is CC1(C)CCC2CC1(C[Si]Cl)C2(C)C. The third-order valence-electron chi connectivity index (χ3n) is 5.63. The fourth-order valence-corrected chi connectivity index (χ4v) is 6.23. The van der Waals surface area contributed by atoms with E-state index in [1.54, 1.807) is 0 Å². The van der Waals surface area contributed by atoms with Crippen molar-refractivity contribution in [3.63, 3.8) is 0 Å². The van der Waals surface area contributed by atoms with Gasteiger partial charge in [0.25, 0.3) is 0 Å². The van der Waals surface area contributed by atoms with Gasteiger partial charge in [0.15, 0.2) is 8.83 Å². The maximum Gasteiger partial charge on any atom is 0.172 e. The van der Waals surface area contributed by atoms with Gasteiger partial charge in [0.05, 0.1) is 0 Å². The molecule has 80 valence electrons. The third-order valence-corrected chi connectivity index (χ3v) is 6.77. The molecular weight excluding hydrogens is 208 g/mol. The largest absolute Gasteiger partial charge is 0.172 e. The van der Waals surface area contributed by atoms with Crippen LogP contribution in [0.4, 0.5) is 0 Å². The van der Waals surface area contributed by atoms with E-state index in [1.807, 2.05) is 0 Å². The van der Waals surface area contributed by atoms with Crippen molar-refractivity contribution in [3.05, 3.63) is 0 Å². The maximum absolute atomic E-state index is 6.03. The van der Waals surface area contributed by atoms with Gasteiger partial charge in [-0.1, -0.05) is 27.7 Å². The normalized spacial score (nSPS) is 43.1. The lowest BCUT2D eigenvalue weighted by Gasteiger charge is -2.73. The molecule has 2 radical (unpaired) electrons. The van der Waals surface area contributed by atoms with E-state index in [9.17, 15) is 0 Å². The monoisotopic (exact) mass is 228 g/mol. The van der Waals surface area contributed by atoms with Gasteiger partial charge in [0, 0.05) is 0 Å². The summed E-state index contributed by atoms with van der Waals surface area (Å²) in [6.07, 6.45) is 4.28. The summed E-state index contributed by atoms with van der Waals surface area (Å²) < 4.78 is 0. The fraction of sp³-hybridized carbons (Fsp3) is 1.00. The Bertz CT molecular complexity index is 233. The first kappa shape index (κ1) is 11.0. The summed E-state index contributed by atoms with van der Waals surface area (Å²) in [6.45, 7) is 9.86.